The molecule has 1 aliphatic heterocycles. The number of tetrazole rings is 1. The third-order valence-electron chi connectivity index (χ3n) is 2.05. The Kier molecular flexibility index (Phi) is 2.18. The SMILES string of the molecule is S=c1nn[nH]n1C1CCOCC1. The first kappa shape index (κ1) is 7.88. The maximum atomic E-state index is 5.24. The Hall–Kier alpha value is -0.750. The molecule has 12 heavy (non-hydrogen) atoms. The van der Waals surface area contributed by atoms with Gasteiger partial charge in [-0.15, -0.1) is 0 Å². The van der Waals surface area contributed by atoms with Gasteiger partial charge >= 0.3 is 0 Å². The van der Waals surface area contributed by atoms with Gasteiger partial charge in [0, 0.05) is 13.2 Å². The molecule has 2 heterocycles. The van der Waals surface area contributed by atoms with Gasteiger partial charge in [0.05, 0.1) is 6.04 Å². The highest BCUT2D eigenvalue weighted by molar-refractivity contribution is 7.71. The van der Waals surface area contributed by atoms with Gasteiger partial charge in [0.2, 0.25) is 4.77 Å². The van der Waals surface area contributed by atoms with Crippen molar-refractivity contribution in [3.05, 3.63) is 4.77 Å². The van der Waals surface area contributed by atoms with Crippen LogP contribution >= 0.6 is 12.2 Å². The maximum absolute atomic E-state index is 5.24. The van der Waals surface area contributed by atoms with Gasteiger partial charge in [0.25, 0.3) is 0 Å². The second-order valence-electron chi connectivity index (χ2n) is 2.80. The smallest absolute Gasteiger partial charge is 0.238 e. The number of hydrogen-bond acceptors (Lipinski definition) is 4. The number of hydrogen-bond donors (Lipinski definition) is 1. The second kappa shape index (κ2) is 3.32. The van der Waals surface area contributed by atoms with Crippen molar-refractivity contribution in [2.75, 3.05) is 13.2 Å². The van der Waals surface area contributed by atoms with Gasteiger partial charge in [-0.2, -0.15) is 5.21 Å². The molecular formula is C6H10N4OS. The van der Waals surface area contributed by atoms with Gasteiger partial charge < -0.3 is 4.74 Å². The van der Waals surface area contributed by atoms with Crippen molar-refractivity contribution < 1.29 is 4.74 Å². The molecule has 1 aromatic heterocycles. The summed E-state index contributed by atoms with van der Waals surface area (Å²) in [7, 11) is 0. The Labute approximate surface area is 74.7 Å². The fourth-order valence-corrected chi connectivity index (χ4v) is 1.62. The highest BCUT2D eigenvalue weighted by Gasteiger charge is 2.16. The fraction of sp³-hybridized carbons (Fsp3) is 0.833. The minimum absolute atomic E-state index is 0.390. The van der Waals surface area contributed by atoms with Crippen molar-refractivity contribution in [3.8, 4) is 0 Å². The van der Waals surface area contributed by atoms with Gasteiger partial charge in [0.1, 0.15) is 0 Å². The first-order valence-corrected chi connectivity index (χ1v) is 4.36. The molecule has 0 aliphatic carbocycles. The predicted molar refractivity (Wildman–Crippen MR) is 44.3 cm³/mol. The van der Waals surface area contributed by atoms with E-state index in [9.17, 15) is 0 Å². The lowest BCUT2D eigenvalue weighted by molar-refractivity contribution is 0.0653. The van der Waals surface area contributed by atoms with Crippen molar-refractivity contribution in [1.29, 1.82) is 0 Å². The minimum atomic E-state index is 0.390. The first-order chi connectivity index (χ1) is 5.88. The summed E-state index contributed by atoms with van der Waals surface area (Å²) in [6.07, 6.45) is 1.97. The summed E-state index contributed by atoms with van der Waals surface area (Å²) in [5.41, 5.74) is 0. The maximum Gasteiger partial charge on any atom is 0.238 e. The molecule has 1 N–H and O–H groups in total. The predicted octanol–water partition coefficient (Wildman–Crippen LogP) is 0.687. The molecule has 1 fully saturated rings. The third-order valence-corrected chi connectivity index (χ3v) is 2.33. The fourth-order valence-electron chi connectivity index (χ4n) is 1.39. The van der Waals surface area contributed by atoms with Gasteiger partial charge in [-0.1, -0.05) is 10.3 Å². The molecule has 0 saturated carbocycles. The molecule has 0 atom stereocenters. The Morgan fingerprint density at radius 2 is 2.25 bits per heavy atom. The van der Waals surface area contributed by atoms with Gasteiger partial charge in [-0.3, -0.25) is 0 Å². The van der Waals surface area contributed by atoms with Crippen LogP contribution in [0.2, 0.25) is 0 Å². The summed E-state index contributed by atoms with van der Waals surface area (Å²) in [4.78, 5) is 0. The van der Waals surface area contributed by atoms with Crippen LogP contribution in [-0.2, 0) is 4.74 Å². The van der Waals surface area contributed by atoms with Crippen molar-refractivity contribution >= 4 is 12.2 Å². The number of nitrogens with zero attached hydrogens (tertiary/aromatic N) is 3. The summed E-state index contributed by atoms with van der Waals surface area (Å²) in [6, 6.07) is 0.390. The first-order valence-electron chi connectivity index (χ1n) is 3.95. The summed E-state index contributed by atoms with van der Waals surface area (Å²) < 4.78 is 7.60. The van der Waals surface area contributed by atoms with E-state index in [0.717, 1.165) is 26.1 Å². The van der Waals surface area contributed by atoms with Crippen LogP contribution in [0.15, 0.2) is 0 Å². The van der Waals surface area contributed by atoms with Crippen LogP contribution in [0, 0.1) is 4.77 Å². The molecule has 2 rings (SSSR count). The van der Waals surface area contributed by atoms with Gasteiger partial charge in [-0.05, 0) is 25.1 Å². The van der Waals surface area contributed by atoms with Crippen LogP contribution in [-0.4, -0.2) is 33.4 Å². The molecule has 0 aromatic carbocycles. The molecule has 0 amide bonds. The molecule has 1 aromatic rings. The lowest BCUT2D eigenvalue weighted by atomic mass is 10.1. The lowest BCUT2D eigenvalue weighted by Gasteiger charge is -2.21. The summed E-state index contributed by atoms with van der Waals surface area (Å²) in [5.74, 6) is 0. The molecule has 0 unspecified atom stereocenters. The zero-order valence-electron chi connectivity index (χ0n) is 6.56. The van der Waals surface area contributed by atoms with E-state index >= 15 is 0 Å². The van der Waals surface area contributed by atoms with Crippen molar-refractivity contribution in [3.63, 3.8) is 0 Å². The number of rotatable bonds is 1. The molecule has 5 nitrogen and oxygen atoms in total. The van der Waals surface area contributed by atoms with Crippen LogP contribution in [0.5, 0.6) is 0 Å². The van der Waals surface area contributed by atoms with E-state index in [4.69, 9.17) is 17.0 Å². The molecule has 66 valence electrons. The lowest BCUT2D eigenvalue weighted by Crippen LogP contribution is -2.20. The number of H-pyrrole nitrogens is 1. The molecule has 0 bridgehead atoms. The molecular weight excluding hydrogens is 176 g/mol. The van der Waals surface area contributed by atoms with Gasteiger partial charge in [-0.25, -0.2) is 4.68 Å². The van der Waals surface area contributed by atoms with E-state index in [0.29, 0.717) is 10.8 Å². The largest absolute Gasteiger partial charge is 0.381 e. The third kappa shape index (κ3) is 1.39. The number of ether oxygens (including phenoxy) is 1. The standard InChI is InChI=1S/C6H10N4OS/c12-6-7-8-9-10(6)5-1-3-11-4-2-5/h5H,1-4H2,(H,7,9,12). The molecule has 0 radical (unpaired) electrons. The molecule has 1 aliphatic rings. The van der Waals surface area contributed by atoms with E-state index in [-0.39, 0.29) is 0 Å². The highest BCUT2D eigenvalue weighted by Crippen LogP contribution is 2.18. The Bertz CT molecular complexity index is 300. The average molecular weight is 186 g/mol. The number of aromatic amines is 1. The summed E-state index contributed by atoms with van der Waals surface area (Å²) in [6.45, 7) is 1.59. The van der Waals surface area contributed by atoms with Crippen LogP contribution in [0.3, 0.4) is 0 Å². The van der Waals surface area contributed by atoms with Crippen molar-refractivity contribution in [2.24, 2.45) is 0 Å². The van der Waals surface area contributed by atoms with Gasteiger partial charge in [0.15, 0.2) is 0 Å². The van der Waals surface area contributed by atoms with E-state index in [2.05, 4.69) is 15.5 Å². The zero-order valence-corrected chi connectivity index (χ0v) is 7.38. The number of nitrogens with one attached hydrogen (secondary N) is 1. The van der Waals surface area contributed by atoms with E-state index in [1.807, 2.05) is 4.68 Å². The van der Waals surface area contributed by atoms with E-state index < -0.39 is 0 Å². The van der Waals surface area contributed by atoms with Crippen LogP contribution in [0.1, 0.15) is 18.9 Å². The zero-order chi connectivity index (χ0) is 8.39. The Morgan fingerprint density at radius 1 is 1.50 bits per heavy atom. The van der Waals surface area contributed by atoms with Crippen LogP contribution in [0.25, 0.3) is 0 Å². The van der Waals surface area contributed by atoms with Crippen molar-refractivity contribution in [1.82, 2.24) is 20.2 Å². The van der Waals surface area contributed by atoms with Crippen molar-refractivity contribution in [2.45, 2.75) is 18.9 Å². The minimum Gasteiger partial charge on any atom is -0.381 e. The summed E-state index contributed by atoms with van der Waals surface area (Å²) >= 11 is 4.98. The Balaban J connectivity index is 2.18. The normalized spacial score (nSPS) is 19.7. The number of aromatic nitrogens is 4. The topological polar surface area (TPSA) is 55.7 Å². The monoisotopic (exact) mass is 186 g/mol. The molecule has 1 saturated heterocycles. The Morgan fingerprint density at radius 3 is 2.83 bits per heavy atom. The van der Waals surface area contributed by atoms with Crippen LogP contribution < -0.4 is 0 Å². The van der Waals surface area contributed by atoms with E-state index in [1.165, 1.54) is 0 Å². The average Bonchev–Trinajstić information content (AvgIpc) is 2.53. The highest BCUT2D eigenvalue weighted by atomic mass is 32.1. The second-order valence-corrected chi connectivity index (χ2v) is 3.16. The summed E-state index contributed by atoms with van der Waals surface area (Å²) in [5, 5.41) is 10.1. The quantitative estimate of drug-likeness (QED) is 0.655. The molecule has 6 heteroatoms. The van der Waals surface area contributed by atoms with E-state index in [1.54, 1.807) is 0 Å². The van der Waals surface area contributed by atoms with Crippen LogP contribution in [0.4, 0.5) is 0 Å². The molecule has 0 spiro atoms.